The molecule has 2 aliphatic rings. The molecule has 0 N–H and O–H groups in total. The number of aromatic nitrogens is 1. The van der Waals surface area contributed by atoms with E-state index in [-0.39, 0.29) is 10.8 Å². The molecule has 0 aliphatic carbocycles. The SMILES string of the molecule is CC1CC(C)CN(S(=O)(=O)c2cccc(C(=O)N3CCCN(c4nccs4)CC3)c2)C1. The minimum Gasteiger partial charge on any atom is -0.346 e. The standard InChI is InChI=1S/C22H30N4O3S2/c1-17-13-18(2)16-26(15-17)31(28,29)20-6-3-5-19(14-20)21(27)24-8-4-9-25(11-10-24)22-23-7-12-30-22/h3,5-7,12,14,17-18H,4,8-11,13,15-16H2,1-2H3. The van der Waals surface area contributed by atoms with Crippen LogP contribution in [-0.4, -0.2) is 67.8 Å². The van der Waals surface area contributed by atoms with Crippen LogP contribution in [0.25, 0.3) is 0 Å². The highest BCUT2D eigenvalue weighted by atomic mass is 32.2. The average Bonchev–Trinajstić information content (AvgIpc) is 3.17. The number of carbonyl (C=O) groups excluding carboxylic acids is 1. The molecule has 2 aliphatic heterocycles. The lowest BCUT2D eigenvalue weighted by Crippen LogP contribution is -2.42. The summed E-state index contributed by atoms with van der Waals surface area (Å²) in [6.07, 6.45) is 3.69. The fourth-order valence-electron chi connectivity index (χ4n) is 4.61. The van der Waals surface area contributed by atoms with Gasteiger partial charge in [-0.3, -0.25) is 4.79 Å². The molecule has 4 rings (SSSR count). The lowest BCUT2D eigenvalue weighted by atomic mass is 9.94. The van der Waals surface area contributed by atoms with Gasteiger partial charge in [0.1, 0.15) is 0 Å². The Morgan fingerprint density at radius 2 is 1.87 bits per heavy atom. The van der Waals surface area contributed by atoms with Crippen molar-refractivity contribution in [3.63, 3.8) is 0 Å². The fraction of sp³-hybridized carbons (Fsp3) is 0.545. The highest BCUT2D eigenvalue weighted by Crippen LogP contribution is 2.27. The van der Waals surface area contributed by atoms with E-state index in [1.807, 2.05) is 10.3 Å². The first-order valence-corrected chi connectivity index (χ1v) is 13.2. The molecule has 2 saturated heterocycles. The minimum atomic E-state index is -3.61. The van der Waals surface area contributed by atoms with E-state index < -0.39 is 10.0 Å². The maximum atomic E-state index is 13.2. The fourth-order valence-corrected chi connectivity index (χ4v) is 7.03. The minimum absolute atomic E-state index is 0.113. The summed E-state index contributed by atoms with van der Waals surface area (Å²) in [5.41, 5.74) is 0.432. The Morgan fingerprint density at radius 3 is 2.58 bits per heavy atom. The number of piperidine rings is 1. The van der Waals surface area contributed by atoms with Gasteiger partial charge in [-0.2, -0.15) is 4.31 Å². The summed E-state index contributed by atoms with van der Waals surface area (Å²) in [5, 5.41) is 2.94. The van der Waals surface area contributed by atoms with E-state index in [2.05, 4.69) is 23.7 Å². The van der Waals surface area contributed by atoms with Crippen LogP contribution in [0, 0.1) is 11.8 Å². The van der Waals surface area contributed by atoms with Gasteiger partial charge in [-0.05, 0) is 42.9 Å². The van der Waals surface area contributed by atoms with Crippen molar-refractivity contribution in [1.82, 2.24) is 14.2 Å². The summed E-state index contributed by atoms with van der Waals surface area (Å²) >= 11 is 1.60. The third-order valence-corrected chi connectivity index (χ3v) is 8.69. The molecule has 2 fully saturated rings. The monoisotopic (exact) mass is 462 g/mol. The van der Waals surface area contributed by atoms with Gasteiger partial charge in [0.05, 0.1) is 4.90 Å². The second-order valence-corrected chi connectivity index (χ2v) is 11.6. The number of benzene rings is 1. The normalized spacial score (nSPS) is 23.5. The molecule has 7 nitrogen and oxygen atoms in total. The molecule has 31 heavy (non-hydrogen) atoms. The van der Waals surface area contributed by atoms with Crippen LogP contribution in [0.1, 0.15) is 37.0 Å². The van der Waals surface area contributed by atoms with Crippen LogP contribution in [0.3, 0.4) is 0 Å². The Labute approximate surface area is 188 Å². The van der Waals surface area contributed by atoms with E-state index in [9.17, 15) is 13.2 Å². The van der Waals surface area contributed by atoms with Gasteiger partial charge >= 0.3 is 0 Å². The first kappa shape index (κ1) is 22.2. The maximum Gasteiger partial charge on any atom is 0.253 e. The van der Waals surface area contributed by atoms with E-state index >= 15 is 0 Å². The first-order valence-electron chi connectivity index (χ1n) is 10.9. The van der Waals surface area contributed by atoms with Gasteiger partial charge in [0, 0.05) is 56.4 Å². The molecule has 9 heteroatoms. The second kappa shape index (κ2) is 9.26. The van der Waals surface area contributed by atoms with Gasteiger partial charge in [0.2, 0.25) is 10.0 Å². The van der Waals surface area contributed by atoms with Crippen molar-refractivity contribution in [1.29, 1.82) is 0 Å². The molecule has 1 amide bonds. The zero-order chi connectivity index (χ0) is 22.0. The van der Waals surface area contributed by atoms with Gasteiger partial charge in [0.15, 0.2) is 5.13 Å². The zero-order valence-corrected chi connectivity index (χ0v) is 19.7. The number of rotatable bonds is 4. The lowest BCUT2D eigenvalue weighted by Gasteiger charge is -2.34. The number of hydrogen-bond acceptors (Lipinski definition) is 6. The maximum absolute atomic E-state index is 13.2. The van der Waals surface area contributed by atoms with Crippen molar-refractivity contribution in [2.24, 2.45) is 11.8 Å². The third kappa shape index (κ3) is 4.94. The molecule has 2 atom stereocenters. The topological polar surface area (TPSA) is 73.8 Å². The summed E-state index contributed by atoms with van der Waals surface area (Å²) in [4.78, 5) is 21.8. The third-order valence-electron chi connectivity index (χ3n) is 6.03. The Hall–Kier alpha value is -1.97. The number of carbonyl (C=O) groups is 1. The van der Waals surface area contributed by atoms with Crippen LogP contribution in [0.5, 0.6) is 0 Å². The summed E-state index contributed by atoms with van der Waals surface area (Å²) in [7, 11) is -3.61. The molecule has 3 heterocycles. The van der Waals surface area contributed by atoms with Crippen molar-refractivity contribution in [3.05, 3.63) is 41.4 Å². The molecular weight excluding hydrogens is 432 g/mol. The number of sulfonamides is 1. The van der Waals surface area contributed by atoms with Crippen LogP contribution >= 0.6 is 11.3 Å². The van der Waals surface area contributed by atoms with Crippen LogP contribution in [-0.2, 0) is 10.0 Å². The molecule has 2 aromatic rings. The van der Waals surface area contributed by atoms with Gasteiger partial charge in [-0.1, -0.05) is 19.9 Å². The first-order chi connectivity index (χ1) is 14.8. The van der Waals surface area contributed by atoms with Crippen molar-refractivity contribution < 1.29 is 13.2 Å². The average molecular weight is 463 g/mol. The molecule has 0 bridgehead atoms. The Morgan fingerprint density at radius 1 is 1.10 bits per heavy atom. The zero-order valence-electron chi connectivity index (χ0n) is 18.1. The molecular formula is C22H30N4O3S2. The Balaban J connectivity index is 1.49. The lowest BCUT2D eigenvalue weighted by molar-refractivity contribution is 0.0766. The van der Waals surface area contributed by atoms with Gasteiger partial charge in [-0.15, -0.1) is 11.3 Å². The summed E-state index contributed by atoms with van der Waals surface area (Å²) in [6, 6.07) is 6.54. The number of thiazole rings is 1. The highest BCUT2D eigenvalue weighted by molar-refractivity contribution is 7.89. The van der Waals surface area contributed by atoms with E-state index in [0.29, 0.717) is 43.6 Å². The quantitative estimate of drug-likeness (QED) is 0.698. The van der Waals surface area contributed by atoms with E-state index in [0.717, 1.165) is 31.1 Å². The van der Waals surface area contributed by atoms with Crippen LogP contribution in [0.2, 0.25) is 0 Å². The number of anilines is 1. The number of nitrogens with zero attached hydrogens (tertiary/aromatic N) is 4. The summed E-state index contributed by atoms with van der Waals surface area (Å²) < 4.78 is 28.1. The number of amides is 1. The molecule has 0 radical (unpaired) electrons. The second-order valence-electron chi connectivity index (χ2n) is 8.74. The van der Waals surface area contributed by atoms with Crippen molar-refractivity contribution in [2.75, 3.05) is 44.2 Å². The van der Waals surface area contributed by atoms with Crippen LogP contribution < -0.4 is 4.90 Å². The van der Waals surface area contributed by atoms with E-state index in [1.54, 1.807) is 46.1 Å². The summed E-state index contributed by atoms with van der Waals surface area (Å²) in [6.45, 7) is 8.07. The summed E-state index contributed by atoms with van der Waals surface area (Å²) in [5.74, 6) is 0.556. The van der Waals surface area contributed by atoms with Crippen molar-refractivity contribution >= 4 is 32.4 Å². The smallest absolute Gasteiger partial charge is 0.253 e. The molecule has 1 aromatic heterocycles. The van der Waals surface area contributed by atoms with Crippen LogP contribution in [0.4, 0.5) is 5.13 Å². The molecule has 2 unspecified atom stereocenters. The van der Waals surface area contributed by atoms with Gasteiger partial charge in [0.25, 0.3) is 5.91 Å². The molecule has 1 aromatic carbocycles. The van der Waals surface area contributed by atoms with Crippen molar-refractivity contribution in [3.8, 4) is 0 Å². The van der Waals surface area contributed by atoms with E-state index in [1.165, 1.54) is 0 Å². The predicted molar refractivity (Wildman–Crippen MR) is 123 cm³/mol. The molecule has 0 spiro atoms. The van der Waals surface area contributed by atoms with Crippen LogP contribution in [0.15, 0.2) is 40.7 Å². The van der Waals surface area contributed by atoms with Gasteiger partial charge in [-0.25, -0.2) is 13.4 Å². The predicted octanol–water partition coefficient (Wildman–Crippen LogP) is 3.16. The largest absolute Gasteiger partial charge is 0.346 e. The highest BCUT2D eigenvalue weighted by Gasteiger charge is 2.32. The number of hydrogen-bond donors (Lipinski definition) is 0. The van der Waals surface area contributed by atoms with Gasteiger partial charge < -0.3 is 9.80 Å². The van der Waals surface area contributed by atoms with Crippen molar-refractivity contribution in [2.45, 2.75) is 31.6 Å². The molecule has 0 saturated carbocycles. The molecule has 168 valence electrons. The Bertz CT molecular complexity index is 1000. The Kier molecular flexibility index (Phi) is 6.64. The van der Waals surface area contributed by atoms with E-state index in [4.69, 9.17) is 0 Å².